The fourth-order valence-electron chi connectivity index (χ4n) is 8.30. The molecule has 10 N–H and O–H groups in total. The smallest absolute Gasteiger partial charge is 0.450 e. The molecule has 0 spiro atoms. The van der Waals surface area contributed by atoms with E-state index in [0.29, 0.717) is 88.5 Å². The summed E-state index contributed by atoms with van der Waals surface area (Å²) in [7, 11) is 5.00. The van der Waals surface area contributed by atoms with Crippen molar-refractivity contribution in [1.29, 1.82) is 0 Å². The highest BCUT2D eigenvalue weighted by molar-refractivity contribution is 5.94. The van der Waals surface area contributed by atoms with E-state index in [9.17, 15) is 47.5 Å². The van der Waals surface area contributed by atoms with E-state index in [1.54, 1.807) is 52.3 Å². The molecule has 1 atom stereocenters. The number of hydrogen-bond acceptors (Lipinski definition) is 17. The van der Waals surface area contributed by atoms with Crippen LogP contribution in [0.5, 0.6) is 0 Å². The van der Waals surface area contributed by atoms with E-state index in [-0.39, 0.29) is 85.6 Å². The molecule has 2 aromatic carbocycles. The number of carboxylic acid groups (broad SMARTS) is 1. The van der Waals surface area contributed by atoms with Crippen molar-refractivity contribution in [3.05, 3.63) is 140 Å². The molecule has 0 fully saturated rings. The number of amides is 4. The minimum absolute atomic E-state index is 0.0547. The van der Waals surface area contributed by atoms with Gasteiger partial charge in [-0.2, -0.15) is 0 Å². The van der Waals surface area contributed by atoms with Crippen LogP contribution in [0.25, 0.3) is 28.0 Å². The molecule has 426 valence electrons. The Balaban J connectivity index is 0.000000323. The van der Waals surface area contributed by atoms with E-state index >= 15 is 0 Å². The molecule has 3 aromatic heterocycles. The Kier molecular flexibility index (Phi) is 25.9. The second kappa shape index (κ2) is 32.7. The van der Waals surface area contributed by atoms with E-state index < -0.39 is 18.0 Å². The van der Waals surface area contributed by atoms with Gasteiger partial charge in [-0.1, -0.05) is 43.7 Å². The Morgan fingerprint density at radius 1 is 0.950 bits per heavy atom. The minimum Gasteiger partial charge on any atom is -0.450 e. The van der Waals surface area contributed by atoms with Crippen LogP contribution < -0.4 is 43.7 Å². The molecule has 5 aromatic rings. The first-order valence-corrected chi connectivity index (χ1v) is 25.5. The van der Waals surface area contributed by atoms with Crippen LogP contribution in [0.3, 0.4) is 0 Å². The summed E-state index contributed by atoms with van der Waals surface area (Å²) in [5.74, 6) is 5.52. The maximum Gasteiger partial charge on any atom is 0.506 e. The molecule has 4 heterocycles. The molecule has 80 heavy (non-hydrogen) atoms. The van der Waals surface area contributed by atoms with E-state index in [0.717, 1.165) is 37.2 Å². The van der Waals surface area contributed by atoms with Gasteiger partial charge in [-0.25, -0.2) is 25.0 Å². The third-order valence-corrected chi connectivity index (χ3v) is 12.2. The first-order valence-electron chi connectivity index (χ1n) is 25.5. The zero-order valence-corrected chi connectivity index (χ0v) is 45.4. The summed E-state index contributed by atoms with van der Waals surface area (Å²) in [6, 6.07) is 17.4. The van der Waals surface area contributed by atoms with E-state index in [2.05, 4.69) is 31.6 Å². The number of ether oxygens (including phenoxy) is 1. The number of unbranched alkanes of at least 4 members (excludes halogenated alkanes) is 2. The van der Waals surface area contributed by atoms with Crippen LogP contribution in [-0.2, 0) is 70.8 Å². The number of hydrogen-bond donors (Lipinski definition) is 8. The molecule has 24 heteroatoms. The van der Waals surface area contributed by atoms with Gasteiger partial charge in [0.2, 0.25) is 23.6 Å². The first-order chi connectivity index (χ1) is 38.4. The average molecular weight is 1110 g/mol. The average Bonchev–Trinajstić information content (AvgIpc) is 3.98. The number of allylic oxidation sites excluding steroid dienone is 1. The normalized spacial score (nSPS) is 11.6. The number of anilines is 1. The Hall–Kier alpha value is -9.00. The highest BCUT2D eigenvalue weighted by Crippen LogP contribution is 2.37. The second-order valence-electron chi connectivity index (χ2n) is 18.2. The molecular weight excluding hydrogens is 1040 g/mol. The van der Waals surface area contributed by atoms with Crippen LogP contribution in [-0.4, -0.2) is 132 Å². The van der Waals surface area contributed by atoms with Crippen LogP contribution >= 0.6 is 0 Å². The Morgan fingerprint density at radius 3 is 2.34 bits per heavy atom. The Morgan fingerprint density at radius 2 is 1.68 bits per heavy atom. The summed E-state index contributed by atoms with van der Waals surface area (Å²) in [6.07, 6.45) is 9.61. The third kappa shape index (κ3) is 19.2. The number of pyridine rings is 3. The summed E-state index contributed by atoms with van der Waals surface area (Å²) >= 11 is 0. The molecule has 0 saturated heterocycles. The topological polar surface area (TPSA) is 332 Å². The fourth-order valence-corrected chi connectivity index (χ4v) is 8.30. The Bertz CT molecular complexity index is 3110. The van der Waals surface area contributed by atoms with Crippen molar-refractivity contribution in [2.75, 3.05) is 52.6 Å². The van der Waals surface area contributed by atoms with E-state index in [4.69, 9.17) is 26.4 Å². The van der Waals surface area contributed by atoms with E-state index in [1.807, 2.05) is 37.3 Å². The molecule has 1 aliphatic rings. The number of hydrazine groups is 1. The van der Waals surface area contributed by atoms with Crippen molar-refractivity contribution in [3.63, 3.8) is 0 Å². The monoisotopic (exact) mass is 1100 g/mol. The molecule has 1 unspecified atom stereocenters. The fraction of sp³-hybridized carbons (Fsp3) is 0.339. The summed E-state index contributed by atoms with van der Waals surface area (Å²) in [5, 5.41) is 24.4. The van der Waals surface area contributed by atoms with Gasteiger partial charge in [0, 0.05) is 61.1 Å². The highest BCUT2D eigenvalue weighted by atomic mass is 19.1. The molecule has 0 saturated carbocycles. The number of aldehydes is 3. The molecule has 0 bridgehead atoms. The Labute approximate surface area is 462 Å². The molecule has 4 amide bonds. The van der Waals surface area contributed by atoms with Crippen molar-refractivity contribution in [3.8, 4) is 11.4 Å². The highest BCUT2D eigenvalue weighted by Gasteiger charge is 2.29. The lowest BCUT2D eigenvalue weighted by Crippen LogP contribution is -2.41. The van der Waals surface area contributed by atoms with Gasteiger partial charge in [0.05, 0.1) is 66.9 Å². The number of aromatic nitrogens is 3. The maximum atomic E-state index is 14.8. The lowest BCUT2D eigenvalue weighted by atomic mass is 9.98. The van der Waals surface area contributed by atoms with Gasteiger partial charge < -0.3 is 66.2 Å². The summed E-state index contributed by atoms with van der Waals surface area (Å²) in [6.45, 7) is 4.31. The predicted octanol–water partition coefficient (Wildman–Crippen LogP) is 3.02. The van der Waals surface area contributed by atoms with Gasteiger partial charge in [-0.3, -0.25) is 28.8 Å². The molecular formula is C56H69FN12O11. The van der Waals surface area contributed by atoms with E-state index in [1.165, 1.54) is 39.0 Å². The van der Waals surface area contributed by atoms with Crippen molar-refractivity contribution in [2.24, 2.45) is 11.6 Å². The lowest BCUT2D eigenvalue weighted by Gasteiger charge is -2.20. The minimum atomic E-state index is -1.48. The SMILES string of the molecule is CCc1cc2n(c(=O)c1COC(=O)O)Cc1c-2nc2cc(F)c(C)cc2c1CN(N)/C=C(\N)c1cccnc1NC(=O)CNC.CN(CCCCCC(=O)NCC=O)C(=O)/C=C\C=O.CNCC(=O)NC(C=O)Cc1ccccc1. The lowest BCUT2D eigenvalue weighted by molar-refractivity contribution is -0.125. The summed E-state index contributed by atoms with van der Waals surface area (Å²) in [4.78, 5) is 112. The second-order valence-corrected chi connectivity index (χ2v) is 18.2. The van der Waals surface area contributed by atoms with Crippen molar-refractivity contribution in [2.45, 2.75) is 78.1 Å². The zero-order valence-electron chi connectivity index (χ0n) is 45.4. The van der Waals surface area contributed by atoms with Gasteiger partial charge in [0.1, 0.15) is 37.1 Å². The summed E-state index contributed by atoms with van der Waals surface area (Å²) < 4.78 is 21.0. The predicted molar refractivity (Wildman–Crippen MR) is 299 cm³/mol. The van der Waals surface area contributed by atoms with Crippen LogP contribution in [0.2, 0.25) is 0 Å². The van der Waals surface area contributed by atoms with Crippen molar-refractivity contribution < 1.29 is 52.6 Å². The molecule has 1 aliphatic heterocycles. The maximum absolute atomic E-state index is 14.8. The number of carbonyl (C=O) groups excluding carboxylic acids is 7. The third-order valence-electron chi connectivity index (χ3n) is 12.2. The molecule has 0 radical (unpaired) electrons. The van der Waals surface area contributed by atoms with Crippen LogP contribution in [0, 0.1) is 12.7 Å². The number of fused-ring (bicyclic) bond motifs is 4. The zero-order chi connectivity index (χ0) is 58.7. The van der Waals surface area contributed by atoms with Gasteiger partial charge in [-0.15, -0.1) is 0 Å². The number of aryl methyl sites for hydroxylation is 2. The van der Waals surface area contributed by atoms with Crippen molar-refractivity contribution >= 4 is 71.1 Å². The molecule has 23 nitrogen and oxygen atoms in total. The number of likely N-dealkylation sites (N-methyl/N-ethyl adjacent to an activating group) is 3. The summed E-state index contributed by atoms with van der Waals surface area (Å²) in [5.41, 5.74) is 11.9. The number of carbonyl (C=O) groups is 8. The van der Waals surface area contributed by atoms with Gasteiger partial charge in [-0.05, 0) is 99.3 Å². The van der Waals surface area contributed by atoms with Crippen LogP contribution in [0.15, 0.2) is 90.0 Å². The van der Waals surface area contributed by atoms with Gasteiger partial charge in [0.25, 0.3) is 5.56 Å². The first kappa shape index (κ1) is 63.5. The number of halogens is 1. The number of nitrogens with two attached hydrogens (primary N) is 2. The quantitative estimate of drug-likeness (QED) is 0.00966. The standard InChI is InChI=1S/C31H33FN8O5.C13H20N2O4.C12H16N2O2/c1-4-17-9-26-28-21(13-40(26)30(42)22(17)15-45-31(43)44)20(19-8-16(2)23(32)10-25(19)37-28)12-39(34)14-24(33)18-6-5-7-36-29(18)38-27(41)11-35-3;1-15(13(19)7-5-10-16)9-4-2-3-6-12(18)14-8-11-17;1-13-8-12(16)14-11(9-15)7-10-5-3-2-4-6-10/h5-10,14,35H,4,11-13,15,33-34H2,1-3H3,(H,43,44)(H,36,38,41);5,7,10-11H,2-4,6,8-9H2,1H3,(H,14,18);2-6,9,11,13H,7-8H2,1H3,(H,14,16)/b24-14-;7-5-;. The van der Waals surface area contributed by atoms with Crippen LogP contribution in [0.1, 0.15) is 71.6 Å². The van der Waals surface area contributed by atoms with Crippen LogP contribution in [0.4, 0.5) is 15.0 Å². The number of nitrogens with one attached hydrogen (secondary N) is 5. The molecule has 0 aliphatic carbocycles. The molecule has 6 rings (SSSR count). The number of rotatable bonds is 26. The van der Waals surface area contributed by atoms with Gasteiger partial charge in [0.15, 0.2) is 0 Å². The number of nitrogens with zero attached hydrogens (tertiary/aromatic N) is 5. The van der Waals surface area contributed by atoms with Gasteiger partial charge >= 0.3 is 6.16 Å². The largest absolute Gasteiger partial charge is 0.506 e. The number of benzene rings is 2. The van der Waals surface area contributed by atoms with Crippen molar-refractivity contribution in [1.82, 2.24) is 45.7 Å².